The maximum atomic E-state index is 11.3. The fourth-order valence-corrected chi connectivity index (χ4v) is 1.66. The molecule has 0 spiro atoms. The average Bonchev–Trinajstić information content (AvgIpc) is 2.25. The molecule has 0 heterocycles. The zero-order chi connectivity index (χ0) is 12.1. The fourth-order valence-electron chi connectivity index (χ4n) is 1.39. The fraction of sp³-hybridized carbons (Fsp3) is 0.333. The van der Waals surface area contributed by atoms with Gasteiger partial charge in [-0.05, 0) is 31.0 Å². The normalized spacial score (nSPS) is 9.62. The van der Waals surface area contributed by atoms with Crippen LogP contribution in [0.1, 0.15) is 23.6 Å². The topological polar surface area (TPSA) is 50.1 Å². The van der Waals surface area contributed by atoms with E-state index in [-0.39, 0.29) is 12.4 Å². The van der Waals surface area contributed by atoms with Gasteiger partial charge in [-0.1, -0.05) is 6.07 Å². The second-order valence-electron chi connectivity index (χ2n) is 3.34. The maximum absolute atomic E-state index is 11.3. The number of hydrogen-bond acceptors (Lipinski definition) is 4. The van der Waals surface area contributed by atoms with Crippen LogP contribution in [0.5, 0.6) is 0 Å². The van der Waals surface area contributed by atoms with Gasteiger partial charge in [0.05, 0.1) is 18.6 Å². The van der Waals surface area contributed by atoms with E-state index in [0.29, 0.717) is 17.1 Å². The molecule has 0 bridgehead atoms. The van der Waals surface area contributed by atoms with Crippen molar-refractivity contribution < 1.29 is 9.53 Å². The second-order valence-corrected chi connectivity index (χ2v) is 3.79. The third-order valence-corrected chi connectivity index (χ3v) is 2.88. The smallest absolute Gasteiger partial charge is 0.310 e. The minimum absolute atomic E-state index is 0.221. The summed E-state index contributed by atoms with van der Waals surface area (Å²) in [5, 5.41) is 8.81. The highest BCUT2D eigenvalue weighted by Gasteiger charge is 2.10. The average molecular weight is 235 g/mol. The number of rotatable bonds is 3. The summed E-state index contributed by atoms with van der Waals surface area (Å²) in [6.07, 6.45) is 0.221. The Morgan fingerprint density at radius 1 is 1.56 bits per heavy atom. The molecule has 4 heteroatoms. The van der Waals surface area contributed by atoms with Crippen LogP contribution in [0.15, 0.2) is 17.0 Å². The van der Waals surface area contributed by atoms with Gasteiger partial charge in [0.2, 0.25) is 0 Å². The van der Waals surface area contributed by atoms with E-state index in [1.165, 1.54) is 0 Å². The van der Waals surface area contributed by atoms with E-state index in [9.17, 15) is 4.79 Å². The first kappa shape index (κ1) is 12.6. The van der Waals surface area contributed by atoms with Gasteiger partial charge in [0.15, 0.2) is 0 Å². The first-order valence-corrected chi connectivity index (χ1v) is 5.42. The van der Waals surface area contributed by atoms with Gasteiger partial charge in [0.25, 0.3) is 0 Å². The predicted molar refractivity (Wildman–Crippen MR) is 63.5 cm³/mol. The summed E-state index contributed by atoms with van der Waals surface area (Å²) in [5.41, 5.74) is 2.23. The van der Waals surface area contributed by atoms with E-state index >= 15 is 0 Å². The second kappa shape index (κ2) is 5.57. The Kier molecular flexibility index (Phi) is 4.39. The highest BCUT2D eigenvalue weighted by molar-refractivity contribution is 7.80. The minimum Gasteiger partial charge on any atom is -0.466 e. The van der Waals surface area contributed by atoms with E-state index in [2.05, 4.69) is 12.6 Å². The van der Waals surface area contributed by atoms with Crippen molar-refractivity contribution >= 4 is 18.6 Å². The lowest BCUT2D eigenvalue weighted by molar-refractivity contribution is -0.142. The van der Waals surface area contributed by atoms with Gasteiger partial charge in [-0.15, -0.1) is 12.6 Å². The monoisotopic (exact) mass is 235 g/mol. The van der Waals surface area contributed by atoms with Crippen molar-refractivity contribution in [3.8, 4) is 6.07 Å². The van der Waals surface area contributed by atoms with Crippen LogP contribution in [-0.4, -0.2) is 12.6 Å². The van der Waals surface area contributed by atoms with Gasteiger partial charge >= 0.3 is 5.97 Å². The van der Waals surface area contributed by atoms with Crippen molar-refractivity contribution in [1.82, 2.24) is 0 Å². The summed E-state index contributed by atoms with van der Waals surface area (Å²) >= 11 is 4.26. The Balaban J connectivity index is 2.96. The van der Waals surface area contributed by atoms with Crippen LogP contribution < -0.4 is 0 Å². The van der Waals surface area contributed by atoms with Gasteiger partial charge in [-0.3, -0.25) is 4.79 Å². The van der Waals surface area contributed by atoms with E-state index in [4.69, 9.17) is 10.00 Å². The molecule has 0 N–H and O–H groups in total. The number of nitrogens with zero attached hydrogens (tertiary/aromatic N) is 1. The van der Waals surface area contributed by atoms with Crippen LogP contribution in [0, 0.1) is 18.3 Å². The summed E-state index contributed by atoms with van der Waals surface area (Å²) in [6, 6.07) is 5.49. The Labute approximate surface area is 100 Å². The molecule has 3 nitrogen and oxygen atoms in total. The zero-order valence-electron chi connectivity index (χ0n) is 9.28. The van der Waals surface area contributed by atoms with Crippen molar-refractivity contribution in [2.24, 2.45) is 0 Å². The van der Waals surface area contributed by atoms with Crippen molar-refractivity contribution in [3.05, 3.63) is 28.8 Å². The Morgan fingerprint density at radius 3 is 2.81 bits per heavy atom. The molecule has 0 radical (unpaired) electrons. The molecule has 1 rings (SSSR count). The Bertz CT molecular complexity index is 449. The maximum Gasteiger partial charge on any atom is 0.310 e. The van der Waals surface area contributed by atoms with E-state index in [0.717, 1.165) is 11.1 Å². The zero-order valence-corrected chi connectivity index (χ0v) is 10.2. The third-order valence-electron chi connectivity index (χ3n) is 2.30. The van der Waals surface area contributed by atoms with Crippen LogP contribution in [0.4, 0.5) is 0 Å². The Hall–Kier alpha value is -1.47. The van der Waals surface area contributed by atoms with Crippen molar-refractivity contribution in [2.45, 2.75) is 25.2 Å². The van der Waals surface area contributed by atoms with Crippen LogP contribution in [0.3, 0.4) is 0 Å². The largest absolute Gasteiger partial charge is 0.466 e. The van der Waals surface area contributed by atoms with E-state index in [1.54, 1.807) is 19.1 Å². The highest BCUT2D eigenvalue weighted by Crippen LogP contribution is 2.22. The molecule has 0 aliphatic heterocycles. The number of ether oxygens (including phenoxy) is 1. The van der Waals surface area contributed by atoms with Gasteiger partial charge in [0, 0.05) is 4.90 Å². The lowest BCUT2D eigenvalue weighted by Gasteiger charge is -2.08. The number of hydrogen-bond donors (Lipinski definition) is 1. The predicted octanol–water partition coefficient (Wildman–Crippen LogP) is 2.26. The number of benzene rings is 1. The first-order valence-electron chi connectivity index (χ1n) is 4.97. The number of thiol groups is 1. The molecule has 0 aliphatic rings. The van der Waals surface area contributed by atoms with Gasteiger partial charge in [-0.25, -0.2) is 0 Å². The standard InChI is InChI=1S/C12H13NO2S/c1-3-15-11(14)6-9-4-5-10(7-13)12(16)8(9)2/h4-5,16H,3,6H2,1-2H3. The summed E-state index contributed by atoms with van der Waals surface area (Å²) in [4.78, 5) is 11.9. The minimum atomic E-state index is -0.261. The number of carbonyl (C=O) groups is 1. The molecule has 84 valence electrons. The molecular formula is C12H13NO2S. The van der Waals surface area contributed by atoms with Crippen LogP contribution in [-0.2, 0) is 16.0 Å². The third kappa shape index (κ3) is 2.77. The molecule has 1 aromatic carbocycles. The summed E-state index contributed by atoms with van der Waals surface area (Å²) in [7, 11) is 0. The SMILES string of the molecule is CCOC(=O)Cc1ccc(C#N)c(S)c1C. The molecule has 1 aromatic rings. The lowest BCUT2D eigenvalue weighted by atomic mass is 10.0. The molecule has 0 aromatic heterocycles. The number of carbonyl (C=O) groups excluding carboxylic acids is 1. The van der Waals surface area contributed by atoms with E-state index < -0.39 is 0 Å². The van der Waals surface area contributed by atoms with Crippen LogP contribution in [0.2, 0.25) is 0 Å². The van der Waals surface area contributed by atoms with Gasteiger partial charge in [-0.2, -0.15) is 5.26 Å². The molecular weight excluding hydrogens is 222 g/mol. The molecule has 16 heavy (non-hydrogen) atoms. The van der Waals surface area contributed by atoms with Crippen molar-refractivity contribution in [3.63, 3.8) is 0 Å². The van der Waals surface area contributed by atoms with Gasteiger partial charge in [0.1, 0.15) is 6.07 Å². The number of nitriles is 1. The van der Waals surface area contributed by atoms with Gasteiger partial charge < -0.3 is 4.74 Å². The van der Waals surface area contributed by atoms with Crippen molar-refractivity contribution in [2.75, 3.05) is 6.61 Å². The highest BCUT2D eigenvalue weighted by atomic mass is 32.1. The van der Waals surface area contributed by atoms with Crippen LogP contribution in [0.25, 0.3) is 0 Å². The van der Waals surface area contributed by atoms with Crippen molar-refractivity contribution in [1.29, 1.82) is 5.26 Å². The lowest BCUT2D eigenvalue weighted by Crippen LogP contribution is -2.09. The molecule has 0 saturated carbocycles. The quantitative estimate of drug-likeness (QED) is 0.646. The number of esters is 1. The summed E-state index contributed by atoms with van der Waals surface area (Å²) in [6.45, 7) is 3.99. The summed E-state index contributed by atoms with van der Waals surface area (Å²) in [5.74, 6) is -0.261. The molecule has 0 atom stereocenters. The Morgan fingerprint density at radius 2 is 2.25 bits per heavy atom. The molecule has 0 amide bonds. The summed E-state index contributed by atoms with van der Waals surface area (Å²) < 4.78 is 4.87. The molecule has 0 saturated heterocycles. The van der Waals surface area contributed by atoms with Crippen LogP contribution >= 0.6 is 12.6 Å². The molecule has 0 unspecified atom stereocenters. The molecule has 0 fully saturated rings. The first-order chi connectivity index (χ1) is 7.60. The van der Waals surface area contributed by atoms with E-state index in [1.807, 2.05) is 13.0 Å². The molecule has 0 aliphatic carbocycles.